The Kier molecular flexibility index (Phi) is 3.68. The number of aromatic nitrogens is 2. The highest BCUT2D eigenvalue weighted by molar-refractivity contribution is 5.88. The maximum Gasteiger partial charge on any atom is 0.461 e. The first-order chi connectivity index (χ1) is 8.48. The minimum atomic E-state index is -6.09. The predicted octanol–water partition coefficient (Wildman–Crippen LogP) is 2.77. The van der Waals surface area contributed by atoms with Crippen molar-refractivity contribution in [2.45, 2.75) is 18.5 Å². The fourth-order valence-corrected chi connectivity index (χ4v) is 1.00. The van der Waals surface area contributed by atoms with Crippen molar-refractivity contribution >= 4 is 5.97 Å². The van der Waals surface area contributed by atoms with Gasteiger partial charge in [0, 0.05) is 6.20 Å². The van der Waals surface area contributed by atoms with E-state index in [1.54, 1.807) is 0 Å². The van der Waals surface area contributed by atoms with E-state index in [1.807, 2.05) is 0 Å². The number of hydrogen-bond donors (Lipinski definition) is 1. The van der Waals surface area contributed by atoms with Crippen LogP contribution in [-0.4, -0.2) is 27.2 Å². The number of carboxylic acids is 1. The Morgan fingerprint density at radius 1 is 1.21 bits per heavy atom. The van der Waals surface area contributed by atoms with E-state index in [2.05, 4.69) is 9.97 Å². The van der Waals surface area contributed by atoms with Gasteiger partial charge >= 0.3 is 18.1 Å². The molecule has 0 fully saturated rings. The van der Waals surface area contributed by atoms with Crippen molar-refractivity contribution in [1.82, 2.24) is 9.97 Å². The molecule has 0 atom stereocenters. The Bertz CT molecular complexity index is 500. The van der Waals surface area contributed by atoms with Gasteiger partial charge in [0.25, 0.3) is 6.43 Å². The van der Waals surface area contributed by atoms with E-state index < -0.39 is 41.6 Å². The molecule has 0 saturated carbocycles. The molecule has 1 heterocycles. The van der Waals surface area contributed by atoms with Gasteiger partial charge in [0.2, 0.25) is 5.82 Å². The van der Waals surface area contributed by atoms with Crippen LogP contribution in [-0.2, 0) is 5.92 Å². The number of nitrogens with zero attached hydrogens (tertiary/aromatic N) is 2. The molecule has 0 amide bonds. The molecular formula is C8H3F7N2O2. The van der Waals surface area contributed by atoms with Gasteiger partial charge in [-0.05, 0) is 0 Å². The lowest BCUT2D eigenvalue weighted by molar-refractivity contribution is -0.292. The van der Waals surface area contributed by atoms with Crippen molar-refractivity contribution in [2.24, 2.45) is 0 Å². The molecule has 0 unspecified atom stereocenters. The summed E-state index contributed by atoms with van der Waals surface area (Å²) in [6, 6.07) is 0. The van der Waals surface area contributed by atoms with Gasteiger partial charge in [0.1, 0.15) is 11.3 Å². The zero-order chi connectivity index (χ0) is 15.0. The molecule has 4 nitrogen and oxygen atoms in total. The summed E-state index contributed by atoms with van der Waals surface area (Å²) in [5.74, 6) is -9.77. The maximum absolute atomic E-state index is 12.8. The van der Waals surface area contributed by atoms with Gasteiger partial charge in [-0.2, -0.15) is 22.0 Å². The van der Waals surface area contributed by atoms with Crippen LogP contribution in [0.5, 0.6) is 0 Å². The summed E-state index contributed by atoms with van der Waals surface area (Å²) in [6.07, 6.45) is -9.75. The van der Waals surface area contributed by atoms with Crippen molar-refractivity contribution in [3.05, 3.63) is 23.3 Å². The van der Waals surface area contributed by atoms with E-state index in [0.717, 1.165) is 0 Å². The normalized spacial score (nSPS) is 12.8. The van der Waals surface area contributed by atoms with Crippen molar-refractivity contribution in [3.8, 4) is 0 Å². The highest BCUT2D eigenvalue weighted by atomic mass is 19.4. The lowest BCUT2D eigenvalue weighted by Crippen LogP contribution is -2.36. The monoisotopic (exact) mass is 292 g/mol. The molecule has 106 valence electrons. The molecule has 1 rings (SSSR count). The highest BCUT2D eigenvalue weighted by Gasteiger charge is 2.61. The number of carboxylic acid groups (broad SMARTS) is 1. The number of rotatable bonds is 3. The summed E-state index contributed by atoms with van der Waals surface area (Å²) in [6.45, 7) is 0. The molecule has 0 aliphatic carbocycles. The number of aromatic carboxylic acids is 1. The van der Waals surface area contributed by atoms with Crippen molar-refractivity contribution in [2.75, 3.05) is 0 Å². The van der Waals surface area contributed by atoms with Gasteiger partial charge in [-0.15, -0.1) is 0 Å². The van der Waals surface area contributed by atoms with Gasteiger partial charge in [0.05, 0.1) is 0 Å². The lowest BCUT2D eigenvalue weighted by atomic mass is 10.2. The first kappa shape index (κ1) is 15.1. The second-order valence-corrected chi connectivity index (χ2v) is 3.17. The van der Waals surface area contributed by atoms with E-state index in [-0.39, 0.29) is 6.20 Å². The van der Waals surface area contributed by atoms with Crippen LogP contribution in [0.4, 0.5) is 30.7 Å². The Balaban J connectivity index is 3.42. The molecule has 0 radical (unpaired) electrons. The number of halogens is 7. The van der Waals surface area contributed by atoms with Crippen LogP contribution in [0.3, 0.4) is 0 Å². The Hall–Kier alpha value is -1.94. The van der Waals surface area contributed by atoms with Gasteiger partial charge < -0.3 is 5.11 Å². The predicted molar refractivity (Wildman–Crippen MR) is 43.9 cm³/mol. The molecule has 0 saturated heterocycles. The van der Waals surface area contributed by atoms with E-state index >= 15 is 0 Å². The molecule has 0 aliphatic heterocycles. The van der Waals surface area contributed by atoms with Gasteiger partial charge in [-0.3, -0.25) is 0 Å². The fraction of sp³-hybridized carbons (Fsp3) is 0.375. The van der Waals surface area contributed by atoms with E-state index in [9.17, 15) is 35.5 Å². The minimum absolute atomic E-state index is 0.0220. The summed E-state index contributed by atoms with van der Waals surface area (Å²) in [5, 5.41) is 8.45. The Morgan fingerprint density at radius 3 is 2.11 bits per heavy atom. The zero-order valence-corrected chi connectivity index (χ0v) is 8.55. The summed E-state index contributed by atoms with van der Waals surface area (Å²) >= 11 is 0. The number of carbonyl (C=O) groups is 1. The van der Waals surface area contributed by atoms with Gasteiger partial charge in [0.15, 0.2) is 0 Å². The first-order valence-electron chi connectivity index (χ1n) is 4.32. The molecule has 1 N–H and O–H groups in total. The molecule has 11 heteroatoms. The van der Waals surface area contributed by atoms with Crippen molar-refractivity contribution in [1.29, 1.82) is 0 Å². The van der Waals surface area contributed by atoms with Crippen LogP contribution in [0.1, 0.15) is 28.3 Å². The third-order valence-corrected chi connectivity index (χ3v) is 1.89. The Morgan fingerprint density at radius 2 is 1.74 bits per heavy atom. The standard InChI is InChI=1S/C8H3F7N2O2/c9-4(10)3-2(5(18)19)1-16-6(17-3)7(11,12)8(13,14)15/h1,4H,(H,18,19). The topological polar surface area (TPSA) is 63.1 Å². The number of hydrogen-bond acceptors (Lipinski definition) is 3. The van der Waals surface area contributed by atoms with Gasteiger partial charge in [-0.25, -0.2) is 23.5 Å². The molecule has 0 spiro atoms. The quantitative estimate of drug-likeness (QED) is 0.870. The molecule has 1 aromatic heterocycles. The van der Waals surface area contributed by atoms with Crippen LogP contribution in [0, 0.1) is 0 Å². The van der Waals surface area contributed by atoms with Crippen LogP contribution in [0.15, 0.2) is 6.20 Å². The molecule has 0 aliphatic rings. The molecular weight excluding hydrogens is 289 g/mol. The Labute approximate surface area is 99.4 Å². The molecule has 0 bridgehead atoms. The third kappa shape index (κ3) is 2.74. The SMILES string of the molecule is O=C(O)c1cnc(C(F)(F)C(F)(F)F)nc1C(F)F. The summed E-state index contributed by atoms with van der Waals surface area (Å²) in [5.41, 5.74) is -2.96. The second kappa shape index (κ2) is 4.63. The summed E-state index contributed by atoms with van der Waals surface area (Å²) in [7, 11) is 0. The molecule has 0 aromatic carbocycles. The first-order valence-corrected chi connectivity index (χ1v) is 4.32. The highest BCUT2D eigenvalue weighted by Crippen LogP contribution is 2.42. The van der Waals surface area contributed by atoms with Crippen LogP contribution in [0.2, 0.25) is 0 Å². The van der Waals surface area contributed by atoms with E-state index in [4.69, 9.17) is 5.11 Å². The largest absolute Gasteiger partial charge is 0.478 e. The number of alkyl halides is 7. The molecule has 1 aromatic rings. The van der Waals surface area contributed by atoms with E-state index in [1.165, 1.54) is 0 Å². The fourth-order valence-electron chi connectivity index (χ4n) is 1.00. The van der Waals surface area contributed by atoms with Crippen LogP contribution in [0.25, 0.3) is 0 Å². The van der Waals surface area contributed by atoms with Crippen molar-refractivity contribution in [3.63, 3.8) is 0 Å². The average Bonchev–Trinajstić information content (AvgIpc) is 2.26. The third-order valence-electron chi connectivity index (χ3n) is 1.89. The maximum atomic E-state index is 12.8. The minimum Gasteiger partial charge on any atom is -0.478 e. The second-order valence-electron chi connectivity index (χ2n) is 3.17. The van der Waals surface area contributed by atoms with Gasteiger partial charge in [-0.1, -0.05) is 0 Å². The van der Waals surface area contributed by atoms with Crippen molar-refractivity contribution < 1.29 is 40.6 Å². The average molecular weight is 292 g/mol. The smallest absolute Gasteiger partial charge is 0.461 e. The molecule has 19 heavy (non-hydrogen) atoms. The summed E-state index contributed by atoms with van der Waals surface area (Å²) < 4.78 is 86.3. The lowest BCUT2D eigenvalue weighted by Gasteiger charge is -2.18. The zero-order valence-electron chi connectivity index (χ0n) is 8.55. The van der Waals surface area contributed by atoms with E-state index in [0.29, 0.717) is 0 Å². The van der Waals surface area contributed by atoms with Crippen LogP contribution < -0.4 is 0 Å². The summed E-state index contributed by atoms with van der Waals surface area (Å²) in [4.78, 5) is 15.3. The van der Waals surface area contributed by atoms with Crippen LogP contribution >= 0.6 is 0 Å².